The number of carbonyl (C=O) groups excluding carboxylic acids is 1. The lowest BCUT2D eigenvalue weighted by Crippen LogP contribution is -2.24. The molecule has 0 radical (unpaired) electrons. The zero-order valence-corrected chi connectivity index (χ0v) is 18.8. The third-order valence-electron chi connectivity index (χ3n) is 5.19. The lowest BCUT2D eigenvalue weighted by Gasteiger charge is -2.10. The minimum Gasteiger partial charge on any atom is -0.365 e. The molecule has 5 aromatic rings. The molecule has 0 atom stereocenters. The average Bonchev–Trinajstić information content (AvgIpc) is 3.34. The number of nitrogens with zero attached hydrogens (tertiary/aromatic N) is 4. The quantitative estimate of drug-likeness (QED) is 0.409. The maximum absolute atomic E-state index is 13.5. The summed E-state index contributed by atoms with van der Waals surface area (Å²) in [7, 11) is 0. The maximum atomic E-state index is 13.5. The van der Waals surface area contributed by atoms with Gasteiger partial charge in [-0.1, -0.05) is 58.4 Å². The van der Waals surface area contributed by atoms with Crippen LogP contribution in [0.5, 0.6) is 0 Å². The first-order chi connectivity index (χ1) is 15.0. The molecular formula is C22H16BrN5O2S. The summed E-state index contributed by atoms with van der Waals surface area (Å²) in [5.74, 6) is 0.447. The number of aryl methyl sites for hydroxylation is 1. The fraction of sp³-hybridized carbons (Fsp3) is 0.0909. The van der Waals surface area contributed by atoms with E-state index in [1.165, 1.54) is 11.3 Å². The van der Waals surface area contributed by atoms with Gasteiger partial charge in [0.25, 0.3) is 11.5 Å². The fourth-order valence-electron chi connectivity index (χ4n) is 3.70. The molecule has 5 rings (SSSR count). The van der Waals surface area contributed by atoms with Crippen LogP contribution in [0.15, 0.2) is 63.9 Å². The minimum absolute atomic E-state index is 0.220. The predicted molar refractivity (Wildman–Crippen MR) is 125 cm³/mol. The second kappa shape index (κ2) is 7.44. The van der Waals surface area contributed by atoms with Gasteiger partial charge in [0, 0.05) is 10.0 Å². The number of thiophene rings is 1. The van der Waals surface area contributed by atoms with Crippen molar-refractivity contribution in [2.24, 2.45) is 5.73 Å². The molecule has 3 aromatic heterocycles. The zero-order chi connectivity index (χ0) is 21.7. The van der Waals surface area contributed by atoms with Gasteiger partial charge in [-0.25, -0.2) is 0 Å². The van der Waals surface area contributed by atoms with Crippen LogP contribution in [-0.4, -0.2) is 25.1 Å². The molecule has 0 unspecified atom stereocenters. The summed E-state index contributed by atoms with van der Waals surface area (Å²) in [6.45, 7) is 2.08. The van der Waals surface area contributed by atoms with E-state index in [0.29, 0.717) is 38.8 Å². The summed E-state index contributed by atoms with van der Waals surface area (Å²) >= 11 is 4.64. The summed E-state index contributed by atoms with van der Waals surface area (Å²) in [5, 5.41) is 9.22. The van der Waals surface area contributed by atoms with Gasteiger partial charge in [-0.05, 0) is 30.2 Å². The first-order valence-electron chi connectivity index (χ1n) is 9.46. The average molecular weight is 494 g/mol. The first-order valence-corrected chi connectivity index (χ1v) is 11.1. The third kappa shape index (κ3) is 3.17. The Labute approximate surface area is 188 Å². The number of halogens is 1. The smallest absolute Gasteiger partial charge is 0.264 e. The Bertz CT molecular complexity index is 1520. The van der Waals surface area contributed by atoms with Gasteiger partial charge >= 0.3 is 0 Å². The van der Waals surface area contributed by atoms with E-state index in [1.807, 2.05) is 59.0 Å². The Morgan fingerprint density at radius 1 is 1.10 bits per heavy atom. The highest BCUT2D eigenvalue weighted by Crippen LogP contribution is 2.32. The molecule has 0 saturated heterocycles. The lowest BCUT2D eigenvalue weighted by atomic mass is 10.2. The second-order valence-corrected chi connectivity index (χ2v) is 9.06. The number of rotatable bonds is 4. The number of hydrogen-bond acceptors (Lipinski definition) is 5. The molecule has 3 heterocycles. The van der Waals surface area contributed by atoms with E-state index in [9.17, 15) is 9.59 Å². The second-order valence-electron chi connectivity index (χ2n) is 7.14. The van der Waals surface area contributed by atoms with Crippen LogP contribution in [0, 0.1) is 6.92 Å². The number of carbonyl (C=O) groups is 1. The predicted octanol–water partition coefficient (Wildman–Crippen LogP) is 3.99. The molecule has 154 valence electrons. The molecule has 1 amide bonds. The van der Waals surface area contributed by atoms with Crippen molar-refractivity contribution in [3.8, 4) is 11.4 Å². The Morgan fingerprint density at radius 2 is 1.81 bits per heavy atom. The summed E-state index contributed by atoms with van der Waals surface area (Å²) in [5.41, 5.74) is 7.75. The van der Waals surface area contributed by atoms with E-state index in [2.05, 4.69) is 26.1 Å². The van der Waals surface area contributed by atoms with Crippen LogP contribution in [0.1, 0.15) is 20.8 Å². The van der Waals surface area contributed by atoms with Crippen LogP contribution in [0.25, 0.3) is 27.4 Å². The molecule has 0 spiro atoms. The minimum atomic E-state index is -0.556. The van der Waals surface area contributed by atoms with Gasteiger partial charge in [-0.2, -0.15) is 0 Å². The number of primary amides is 1. The number of aromatic nitrogens is 4. The Morgan fingerprint density at radius 3 is 2.48 bits per heavy atom. The fourth-order valence-corrected chi connectivity index (χ4v) is 5.12. The van der Waals surface area contributed by atoms with E-state index in [4.69, 9.17) is 5.73 Å². The maximum Gasteiger partial charge on any atom is 0.264 e. The number of nitrogens with two attached hydrogens (primary N) is 1. The van der Waals surface area contributed by atoms with E-state index in [0.717, 1.165) is 15.6 Å². The van der Waals surface area contributed by atoms with E-state index < -0.39 is 5.91 Å². The van der Waals surface area contributed by atoms with Gasteiger partial charge in [-0.3, -0.25) is 18.6 Å². The third-order valence-corrected chi connectivity index (χ3v) is 7.01. The molecule has 0 saturated carbocycles. The number of amides is 1. The van der Waals surface area contributed by atoms with Crippen molar-refractivity contribution >= 4 is 49.2 Å². The normalized spacial score (nSPS) is 11.4. The standard InChI is InChI=1S/C22H16BrN5O2S/c1-12-16-20(30)27(11-13-5-3-2-4-6-13)22-26-25-19(14-7-9-15(23)10-8-14)28(22)21(16)31-17(12)18(24)29/h2-10H,11H2,1H3,(H2,24,29). The van der Waals surface area contributed by atoms with Gasteiger partial charge in [0.2, 0.25) is 5.78 Å². The molecule has 9 heteroatoms. The molecule has 2 N–H and O–H groups in total. The summed E-state index contributed by atoms with van der Waals surface area (Å²) in [6, 6.07) is 17.4. The van der Waals surface area contributed by atoms with Crippen molar-refractivity contribution in [2.45, 2.75) is 13.5 Å². The van der Waals surface area contributed by atoms with Crippen LogP contribution in [0.4, 0.5) is 0 Å². The monoisotopic (exact) mass is 493 g/mol. The van der Waals surface area contributed by atoms with Crippen molar-refractivity contribution in [1.82, 2.24) is 19.2 Å². The molecule has 7 nitrogen and oxygen atoms in total. The molecule has 0 aliphatic rings. The van der Waals surface area contributed by atoms with Crippen molar-refractivity contribution in [3.05, 3.63) is 85.4 Å². The topological polar surface area (TPSA) is 95.3 Å². The first kappa shape index (κ1) is 19.7. The van der Waals surface area contributed by atoms with Crippen LogP contribution in [0.3, 0.4) is 0 Å². The highest BCUT2D eigenvalue weighted by atomic mass is 79.9. The van der Waals surface area contributed by atoms with Gasteiger partial charge in [0.15, 0.2) is 5.82 Å². The van der Waals surface area contributed by atoms with E-state index in [-0.39, 0.29) is 5.56 Å². The Kier molecular flexibility index (Phi) is 4.71. The van der Waals surface area contributed by atoms with Crippen molar-refractivity contribution in [1.29, 1.82) is 0 Å². The van der Waals surface area contributed by atoms with Gasteiger partial charge in [-0.15, -0.1) is 21.5 Å². The molecule has 0 fully saturated rings. The summed E-state index contributed by atoms with van der Waals surface area (Å²) < 4.78 is 4.38. The molecule has 0 bridgehead atoms. The highest BCUT2D eigenvalue weighted by molar-refractivity contribution is 9.10. The largest absolute Gasteiger partial charge is 0.365 e. The van der Waals surface area contributed by atoms with E-state index in [1.54, 1.807) is 11.5 Å². The van der Waals surface area contributed by atoms with Crippen LogP contribution in [0.2, 0.25) is 0 Å². The van der Waals surface area contributed by atoms with Crippen LogP contribution >= 0.6 is 27.3 Å². The Hall–Kier alpha value is -3.30. The van der Waals surface area contributed by atoms with Crippen LogP contribution < -0.4 is 11.3 Å². The number of benzene rings is 2. The zero-order valence-electron chi connectivity index (χ0n) is 16.4. The van der Waals surface area contributed by atoms with Crippen molar-refractivity contribution in [2.75, 3.05) is 0 Å². The SMILES string of the molecule is Cc1c(C(N)=O)sc2c1c(=O)n(Cc1ccccc1)c1nnc(-c3ccc(Br)cc3)n21. The molecule has 31 heavy (non-hydrogen) atoms. The Balaban J connectivity index is 1.89. The van der Waals surface area contributed by atoms with Gasteiger partial charge in [0.1, 0.15) is 4.83 Å². The number of fused-ring (bicyclic) bond motifs is 3. The van der Waals surface area contributed by atoms with E-state index >= 15 is 0 Å². The molecule has 0 aliphatic heterocycles. The van der Waals surface area contributed by atoms with Crippen LogP contribution in [-0.2, 0) is 6.54 Å². The summed E-state index contributed by atoms with van der Waals surface area (Å²) in [4.78, 5) is 26.5. The molecule has 2 aromatic carbocycles. The molecular weight excluding hydrogens is 478 g/mol. The summed E-state index contributed by atoms with van der Waals surface area (Å²) in [6.07, 6.45) is 0. The highest BCUT2D eigenvalue weighted by Gasteiger charge is 2.24. The van der Waals surface area contributed by atoms with Gasteiger partial charge < -0.3 is 5.73 Å². The van der Waals surface area contributed by atoms with Crippen molar-refractivity contribution < 1.29 is 4.79 Å². The van der Waals surface area contributed by atoms with Crippen molar-refractivity contribution in [3.63, 3.8) is 0 Å². The molecule has 0 aliphatic carbocycles. The number of hydrogen-bond donors (Lipinski definition) is 1. The lowest BCUT2D eigenvalue weighted by molar-refractivity contribution is 0.100. The van der Waals surface area contributed by atoms with Gasteiger partial charge in [0.05, 0.1) is 16.8 Å².